The standard InChI is InChI=1S/C19H15F3N2O/c20-19(21,22)15-9-6-10-16(13-15)23-18(25)17(24-11-4-5-12-24)14-7-2-1-3-8-14/h1-13,17H,(H,23,25)/t17-/m1/s1. The van der Waals surface area contributed by atoms with E-state index in [1.807, 2.05) is 18.2 Å². The van der Waals surface area contributed by atoms with E-state index in [9.17, 15) is 18.0 Å². The summed E-state index contributed by atoms with van der Waals surface area (Å²) in [4.78, 5) is 12.8. The van der Waals surface area contributed by atoms with Gasteiger partial charge in [0.2, 0.25) is 0 Å². The Morgan fingerprint density at radius 3 is 2.24 bits per heavy atom. The van der Waals surface area contributed by atoms with E-state index >= 15 is 0 Å². The first kappa shape index (κ1) is 16.8. The fourth-order valence-electron chi connectivity index (χ4n) is 2.60. The van der Waals surface area contributed by atoms with Crippen LogP contribution >= 0.6 is 0 Å². The quantitative estimate of drug-likeness (QED) is 0.729. The highest BCUT2D eigenvalue weighted by Crippen LogP contribution is 2.31. The first-order valence-electron chi connectivity index (χ1n) is 7.61. The summed E-state index contributed by atoms with van der Waals surface area (Å²) in [6, 6.07) is 16.6. The first-order chi connectivity index (χ1) is 11.9. The number of rotatable bonds is 4. The molecule has 3 aromatic rings. The Morgan fingerprint density at radius 1 is 0.920 bits per heavy atom. The maximum absolute atomic E-state index is 12.8. The van der Waals surface area contributed by atoms with E-state index in [1.165, 1.54) is 12.1 Å². The van der Waals surface area contributed by atoms with E-state index in [1.54, 1.807) is 41.2 Å². The van der Waals surface area contributed by atoms with Crippen molar-refractivity contribution in [3.63, 3.8) is 0 Å². The molecule has 1 heterocycles. The fraction of sp³-hybridized carbons (Fsp3) is 0.105. The molecule has 25 heavy (non-hydrogen) atoms. The molecule has 1 N–H and O–H groups in total. The van der Waals surface area contributed by atoms with Crippen molar-refractivity contribution < 1.29 is 18.0 Å². The van der Waals surface area contributed by atoms with Crippen molar-refractivity contribution in [3.8, 4) is 0 Å². The number of hydrogen-bond acceptors (Lipinski definition) is 1. The van der Waals surface area contributed by atoms with Gasteiger partial charge >= 0.3 is 6.18 Å². The van der Waals surface area contributed by atoms with E-state index < -0.39 is 23.7 Å². The number of benzene rings is 2. The lowest BCUT2D eigenvalue weighted by Gasteiger charge is -2.19. The molecule has 1 aromatic heterocycles. The van der Waals surface area contributed by atoms with Gasteiger partial charge in [-0.15, -0.1) is 0 Å². The second kappa shape index (κ2) is 6.84. The summed E-state index contributed by atoms with van der Waals surface area (Å²) >= 11 is 0. The first-order valence-corrected chi connectivity index (χ1v) is 7.61. The van der Waals surface area contributed by atoms with Gasteiger partial charge in [-0.3, -0.25) is 4.79 Å². The number of carbonyl (C=O) groups is 1. The van der Waals surface area contributed by atoms with E-state index in [4.69, 9.17) is 0 Å². The van der Waals surface area contributed by atoms with Crippen molar-refractivity contribution in [3.05, 3.63) is 90.3 Å². The number of nitrogens with zero attached hydrogens (tertiary/aromatic N) is 1. The van der Waals surface area contributed by atoms with Crippen molar-refractivity contribution in [2.24, 2.45) is 0 Å². The van der Waals surface area contributed by atoms with Gasteiger partial charge in [-0.25, -0.2) is 0 Å². The predicted octanol–water partition coefficient (Wildman–Crippen LogP) is 4.74. The average Bonchev–Trinajstić information content (AvgIpc) is 3.09. The lowest BCUT2D eigenvalue weighted by molar-refractivity contribution is -0.137. The van der Waals surface area contributed by atoms with Crippen LogP contribution in [0.2, 0.25) is 0 Å². The Labute approximate surface area is 142 Å². The Kier molecular flexibility index (Phi) is 4.61. The number of alkyl halides is 3. The molecule has 0 unspecified atom stereocenters. The molecule has 0 fully saturated rings. The van der Waals surface area contributed by atoms with Crippen molar-refractivity contribution in [1.82, 2.24) is 4.57 Å². The molecule has 0 aliphatic heterocycles. The summed E-state index contributed by atoms with van der Waals surface area (Å²) in [5.41, 5.74) is 0.0404. The number of aromatic nitrogens is 1. The largest absolute Gasteiger partial charge is 0.416 e. The smallest absolute Gasteiger partial charge is 0.338 e. The predicted molar refractivity (Wildman–Crippen MR) is 89.1 cm³/mol. The van der Waals surface area contributed by atoms with Crippen LogP contribution in [0.3, 0.4) is 0 Å². The number of amides is 1. The SMILES string of the molecule is O=C(Nc1cccc(C(F)(F)F)c1)[C@@H](c1ccccc1)n1cccc1. The summed E-state index contributed by atoms with van der Waals surface area (Å²) in [6.45, 7) is 0. The Bertz CT molecular complexity index is 843. The van der Waals surface area contributed by atoms with Crippen LogP contribution in [0.4, 0.5) is 18.9 Å². The zero-order valence-electron chi connectivity index (χ0n) is 13.1. The summed E-state index contributed by atoms with van der Waals surface area (Å²) < 4.78 is 40.2. The van der Waals surface area contributed by atoms with Gasteiger partial charge < -0.3 is 9.88 Å². The third-order valence-electron chi connectivity index (χ3n) is 3.75. The van der Waals surface area contributed by atoms with E-state index in [0.29, 0.717) is 0 Å². The van der Waals surface area contributed by atoms with Crippen molar-refractivity contribution in [2.75, 3.05) is 5.32 Å². The molecule has 2 aromatic carbocycles. The van der Waals surface area contributed by atoms with Gasteiger partial charge in [0.1, 0.15) is 6.04 Å². The molecule has 6 heteroatoms. The van der Waals surface area contributed by atoms with Crippen LogP contribution in [0, 0.1) is 0 Å². The van der Waals surface area contributed by atoms with E-state index in [2.05, 4.69) is 5.32 Å². The van der Waals surface area contributed by atoms with Crippen LogP contribution in [-0.2, 0) is 11.0 Å². The molecule has 0 saturated heterocycles. The van der Waals surface area contributed by atoms with Crippen LogP contribution in [0.5, 0.6) is 0 Å². The monoisotopic (exact) mass is 344 g/mol. The molecule has 3 nitrogen and oxygen atoms in total. The minimum atomic E-state index is -4.46. The fourth-order valence-corrected chi connectivity index (χ4v) is 2.60. The van der Waals surface area contributed by atoms with Gasteiger partial charge in [0.25, 0.3) is 5.91 Å². The van der Waals surface area contributed by atoms with Crippen LogP contribution in [0.1, 0.15) is 17.2 Å². The number of hydrogen-bond donors (Lipinski definition) is 1. The lowest BCUT2D eigenvalue weighted by atomic mass is 10.1. The maximum Gasteiger partial charge on any atom is 0.416 e. The Balaban J connectivity index is 1.90. The van der Waals surface area contributed by atoms with Gasteiger partial charge in [0.05, 0.1) is 5.56 Å². The maximum atomic E-state index is 12.8. The summed E-state index contributed by atoms with van der Waals surface area (Å²) in [6.07, 6.45) is -0.979. The van der Waals surface area contributed by atoms with Gasteiger partial charge in [0, 0.05) is 18.1 Å². The normalized spacial score (nSPS) is 12.6. The molecule has 0 aliphatic rings. The van der Waals surface area contributed by atoms with E-state index in [0.717, 1.165) is 17.7 Å². The van der Waals surface area contributed by atoms with Crippen LogP contribution in [0.15, 0.2) is 79.1 Å². The summed E-state index contributed by atoms with van der Waals surface area (Å²) in [7, 11) is 0. The van der Waals surface area contributed by atoms with E-state index in [-0.39, 0.29) is 5.69 Å². The molecule has 0 saturated carbocycles. The number of halogens is 3. The average molecular weight is 344 g/mol. The summed E-state index contributed by atoms with van der Waals surface area (Å²) in [5, 5.41) is 2.58. The number of carbonyl (C=O) groups excluding carboxylic acids is 1. The Hall–Kier alpha value is -3.02. The van der Waals surface area contributed by atoms with Crippen LogP contribution in [-0.4, -0.2) is 10.5 Å². The van der Waals surface area contributed by atoms with Crippen molar-refractivity contribution >= 4 is 11.6 Å². The highest BCUT2D eigenvalue weighted by atomic mass is 19.4. The molecule has 1 atom stereocenters. The molecule has 0 radical (unpaired) electrons. The molecule has 0 aliphatic carbocycles. The lowest BCUT2D eigenvalue weighted by Crippen LogP contribution is -2.26. The number of anilines is 1. The van der Waals surface area contributed by atoms with Gasteiger partial charge in [-0.2, -0.15) is 13.2 Å². The van der Waals surface area contributed by atoms with Gasteiger partial charge in [-0.05, 0) is 35.9 Å². The Morgan fingerprint density at radius 2 is 1.60 bits per heavy atom. The summed E-state index contributed by atoms with van der Waals surface area (Å²) in [5.74, 6) is -0.415. The highest BCUT2D eigenvalue weighted by Gasteiger charge is 2.31. The zero-order chi connectivity index (χ0) is 17.9. The molecular formula is C19H15F3N2O. The van der Waals surface area contributed by atoms with Crippen LogP contribution < -0.4 is 5.32 Å². The van der Waals surface area contributed by atoms with Gasteiger partial charge in [0.15, 0.2) is 0 Å². The minimum Gasteiger partial charge on any atom is -0.338 e. The zero-order valence-corrected chi connectivity index (χ0v) is 13.1. The minimum absolute atomic E-state index is 0.105. The van der Waals surface area contributed by atoms with Gasteiger partial charge in [-0.1, -0.05) is 36.4 Å². The number of nitrogens with one attached hydrogen (secondary N) is 1. The second-order valence-corrected chi connectivity index (χ2v) is 5.51. The molecular weight excluding hydrogens is 329 g/mol. The third-order valence-corrected chi connectivity index (χ3v) is 3.75. The second-order valence-electron chi connectivity index (χ2n) is 5.51. The highest BCUT2D eigenvalue weighted by molar-refractivity contribution is 5.95. The topological polar surface area (TPSA) is 34.0 Å². The molecule has 0 bridgehead atoms. The third kappa shape index (κ3) is 3.91. The molecule has 1 amide bonds. The molecule has 0 spiro atoms. The van der Waals surface area contributed by atoms with Crippen molar-refractivity contribution in [2.45, 2.75) is 12.2 Å². The molecule has 128 valence electrons. The molecule has 3 rings (SSSR count). The van der Waals surface area contributed by atoms with Crippen LogP contribution in [0.25, 0.3) is 0 Å². The van der Waals surface area contributed by atoms with Crippen molar-refractivity contribution in [1.29, 1.82) is 0 Å².